The maximum atomic E-state index is 12.4. The fraction of sp³-hybridized carbons (Fsp3) is 0.533. The molecule has 1 aliphatic rings. The largest absolute Gasteiger partial charge is 0.493 e. The van der Waals surface area contributed by atoms with E-state index in [1.807, 2.05) is 24.1 Å². The van der Waals surface area contributed by atoms with Gasteiger partial charge in [0.05, 0.1) is 20.1 Å². The lowest BCUT2D eigenvalue weighted by Gasteiger charge is -2.33. The van der Waals surface area contributed by atoms with Crippen molar-refractivity contribution in [1.82, 2.24) is 4.90 Å². The van der Waals surface area contributed by atoms with Gasteiger partial charge in [-0.15, -0.1) is 0 Å². The van der Waals surface area contributed by atoms with Gasteiger partial charge in [0.15, 0.2) is 11.5 Å². The van der Waals surface area contributed by atoms with Crippen molar-refractivity contribution < 1.29 is 14.3 Å². The average molecular weight is 342 g/mol. The van der Waals surface area contributed by atoms with Gasteiger partial charge in [-0.1, -0.05) is 15.9 Å². The lowest BCUT2D eigenvalue weighted by molar-refractivity contribution is -0.132. The number of benzene rings is 1. The molecule has 0 heterocycles. The third-order valence-corrected chi connectivity index (χ3v) is 4.31. The van der Waals surface area contributed by atoms with E-state index in [2.05, 4.69) is 15.9 Å². The third kappa shape index (κ3) is 2.77. The number of likely N-dealkylation sites (N-methyl/N-ethyl adjacent to an activating group) is 1. The van der Waals surface area contributed by atoms with Gasteiger partial charge in [-0.2, -0.15) is 0 Å². The van der Waals surface area contributed by atoms with Crippen molar-refractivity contribution >= 4 is 21.8 Å². The number of methoxy groups -OCH3 is 2. The average Bonchev–Trinajstić information content (AvgIpc) is 2.45. The van der Waals surface area contributed by atoms with E-state index >= 15 is 0 Å². The number of rotatable bonds is 6. The second-order valence-corrected chi connectivity index (χ2v) is 5.76. The summed E-state index contributed by atoms with van der Waals surface area (Å²) in [5, 5.41) is 0.914. The van der Waals surface area contributed by atoms with Gasteiger partial charge in [0.25, 0.3) is 0 Å². The number of halogens is 1. The fourth-order valence-corrected chi connectivity index (χ4v) is 2.78. The minimum atomic E-state index is -0.0369. The summed E-state index contributed by atoms with van der Waals surface area (Å²) >= 11 is 3.39. The molecule has 0 aliphatic heterocycles. The van der Waals surface area contributed by atoms with Crippen LogP contribution in [-0.2, 0) is 11.2 Å². The normalized spacial score (nSPS) is 16.1. The Balaban J connectivity index is 2.14. The molecule has 110 valence electrons. The van der Waals surface area contributed by atoms with Crippen molar-refractivity contribution in [2.24, 2.45) is 0 Å². The first-order valence-electron chi connectivity index (χ1n) is 6.68. The number of amides is 1. The van der Waals surface area contributed by atoms with Gasteiger partial charge in [0.2, 0.25) is 5.91 Å². The zero-order chi connectivity index (χ0) is 14.7. The summed E-state index contributed by atoms with van der Waals surface area (Å²) in [5.41, 5.74) is 2.24. The number of carbonyl (C=O) groups excluding carboxylic acids is 1. The summed E-state index contributed by atoms with van der Waals surface area (Å²) in [6.45, 7) is 0.781. The van der Waals surface area contributed by atoms with Crippen LogP contribution in [0.25, 0.3) is 0 Å². The van der Waals surface area contributed by atoms with E-state index in [9.17, 15) is 4.79 Å². The molecule has 0 saturated heterocycles. The number of hydrogen-bond acceptors (Lipinski definition) is 3. The van der Waals surface area contributed by atoms with Crippen LogP contribution in [-0.4, -0.2) is 43.9 Å². The van der Waals surface area contributed by atoms with E-state index in [-0.39, 0.29) is 11.8 Å². The van der Waals surface area contributed by atoms with Crippen LogP contribution in [0.1, 0.15) is 23.5 Å². The first-order chi connectivity index (χ1) is 9.62. The van der Waals surface area contributed by atoms with Crippen molar-refractivity contribution in [3.63, 3.8) is 0 Å². The standard InChI is InChI=1S/C15H20BrNO3/c1-17(6-4-5-16)15(18)12-7-10-8-13(19-2)14(20-3)9-11(10)12/h8-9,12H,4-7H2,1-3H3/t12-/m0/s1. The number of ether oxygens (including phenoxy) is 2. The number of alkyl halides is 1. The van der Waals surface area contributed by atoms with Gasteiger partial charge in [-0.3, -0.25) is 4.79 Å². The highest BCUT2D eigenvalue weighted by molar-refractivity contribution is 9.09. The molecule has 1 atom stereocenters. The summed E-state index contributed by atoms with van der Waals surface area (Å²) in [5.74, 6) is 1.56. The maximum Gasteiger partial charge on any atom is 0.230 e. The molecule has 1 aromatic rings. The van der Waals surface area contributed by atoms with Crippen LogP contribution >= 0.6 is 15.9 Å². The molecule has 1 aromatic carbocycles. The topological polar surface area (TPSA) is 38.8 Å². The van der Waals surface area contributed by atoms with Crippen LogP contribution in [0, 0.1) is 0 Å². The molecule has 0 saturated carbocycles. The molecule has 5 heteroatoms. The Labute approximate surface area is 128 Å². The molecule has 0 spiro atoms. The second-order valence-electron chi connectivity index (χ2n) is 4.97. The number of hydrogen-bond donors (Lipinski definition) is 0. The summed E-state index contributed by atoms with van der Waals surface area (Å²) in [7, 11) is 5.10. The molecular formula is C15H20BrNO3. The monoisotopic (exact) mass is 341 g/mol. The van der Waals surface area contributed by atoms with Crippen LogP contribution in [0.4, 0.5) is 0 Å². The van der Waals surface area contributed by atoms with Gasteiger partial charge < -0.3 is 14.4 Å². The van der Waals surface area contributed by atoms with E-state index in [0.717, 1.165) is 36.0 Å². The highest BCUT2D eigenvalue weighted by Crippen LogP contribution is 2.43. The third-order valence-electron chi connectivity index (χ3n) is 3.75. The minimum Gasteiger partial charge on any atom is -0.493 e. The Morgan fingerprint density at radius 3 is 2.60 bits per heavy atom. The van der Waals surface area contributed by atoms with Crippen molar-refractivity contribution in [3.05, 3.63) is 23.3 Å². The highest BCUT2D eigenvalue weighted by Gasteiger charge is 2.35. The van der Waals surface area contributed by atoms with Crippen LogP contribution in [0.2, 0.25) is 0 Å². The van der Waals surface area contributed by atoms with Gasteiger partial charge in [-0.25, -0.2) is 0 Å². The molecule has 0 radical (unpaired) electrons. The van der Waals surface area contributed by atoms with E-state index in [0.29, 0.717) is 5.75 Å². The first-order valence-corrected chi connectivity index (χ1v) is 7.80. The Morgan fingerprint density at radius 2 is 2.00 bits per heavy atom. The minimum absolute atomic E-state index is 0.0369. The Bertz CT molecular complexity index is 504. The zero-order valence-electron chi connectivity index (χ0n) is 12.1. The molecule has 4 nitrogen and oxygen atoms in total. The first kappa shape index (κ1) is 15.2. The molecular weight excluding hydrogens is 322 g/mol. The summed E-state index contributed by atoms with van der Waals surface area (Å²) in [6, 6.07) is 3.90. The zero-order valence-corrected chi connectivity index (χ0v) is 13.7. The van der Waals surface area contributed by atoms with Crippen molar-refractivity contribution in [3.8, 4) is 11.5 Å². The fourth-order valence-electron chi connectivity index (χ4n) is 2.53. The van der Waals surface area contributed by atoms with Crippen LogP contribution in [0.3, 0.4) is 0 Å². The lowest BCUT2D eigenvalue weighted by atomic mass is 9.76. The molecule has 20 heavy (non-hydrogen) atoms. The van der Waals surface area contributed by atoms with Gasteiger partial charge in [-0.05, 0) is 36.1 Å². The molecule has 0 aromatic heterocycles. The van der Waals surface area contributed by atoms with Crippen LogP contribution < -0.4 is 9.47 Å². The quantitative estimate of drug-likeness (QED) is 0.746. The molecule has 0 N–H and O–H groups in total. The summed E-state index contributed by atoms with van der Waals surface area (Å²) in [6.07, 6.45) is 1.75. The van der Waals surface area contributed by atoms with E-state index in [1.165, 1.54) is 5.56 Å². The Morgan fingerprint density at radius 1 is 1.35 bits per heavy atom. The SMILES string of the molecule is COc1cc2c(cc1OC)[C@@H](C(=O)N(C)CCCBr)C2. The molecule has 0 unspecified atom stereocenters. The highest BCUT2D eigenvalue weighted by atomic mass is 79.9. The van der Waals surface area contributed by atoms with Gasteiger partial charge in [0, 0.05) is 18.9 Å². The van der Waals surface area contributed by atoms with Crippen molar-refractivity contribution in [2.75, 3.05) is 33.1 Å². The predicted octanol–water partition coefficient (Wildman–Crippen LogP) is 2.59. The van der Waals surface area contributed by atoms with Crippen LogP contribution in [0.15, 0.2) is 12.1 Å². The summed E-state index contributed by atoms with van der Waals surface area (Å²) < 4.78 is 10.6. The van der Waals surface area contributed by atoms with Gasteiger partial charge >= 0.3 is 0 Å². The summed E-state index contributed by atoms with van der Waals surface area (Å²) in [4.78, 5) is 14.2. The van der Waals surface area contributed by atoms with Gasteiger partial charge in [0.1, 0.15) is 0 Å². The molecule has 1 amide bonds. The Hall–Kier alpha value is -1.23. The lowest BCUT2D eigenvalue weighted by Crippen LogP contribution is -2.37. The Kier molecular flexibility index (Phi) is 4.91. The number of carbonyl (C=O) groups is 1. The maximum absolute atomic E-state index is 12.4. The van der Waals surface area contributed by atoms with Crippen LogP contribution in [0.5, 0.6) is 11.5 Å². The molecule has 0 fully saturated rings. The van der Waals surface area contributed by atoms with E-state index in [4.69, 9.17) is 9.47 Å². The van der Waals surface area contributed by atoms with Crippen molar-refractivity contribution in [2.45, 2.75) is 18.8 Å². The van der Waals surface area contributed by atoms with E-state index in [1.54, 1.807) is 14.2 Å². The number of nitrogens with zero attached hydrogens (tertiary/aromatic N) is 1. The van der Waals surface area contributed by atoms with E-state index < -0.39 is 0 Å². The molecule has 2 rings (SSSR count). The molecule has 0 bridgehead atoms. The molecule has 1 aliphatic carbocycles. The smallest absolute Gasteiger partial charge is 0.230 e. The second kappa shape index (κ2) is 6.48. The van der Waals surface area contributed by atoms with Crippen molar-refractivity contribution in [1.29, 1.82) is 0 Å². The number of fused-ring (bicyclic) bond motifs is 1. The predicted molar refractivity (Wildman–Crippen MR) is 82.0 cm³/mol.